The van der Waals surface area contributed by atoms with Gasteiger partial charge in [0, 0.05) is 24.6 Å². The van der Waals surface area contributed by atoms with Crippen molar-refractivity contribution >= 4 is 6.09 Å². The predicted octanol–water partition coefficient (Wildman–Crippen LogP) is 6.42. The van der Waals surface area contributed by atoms with Crippen molar-refractivity contribution in [1.29, 1.82) is 0 Å². The summed E-state index contributed by atoms with van der Waals surface area (Å²) in [6.45, 7) is 2.39. The van der Waals surface area contributed by atoms with E-state index in [1.54, 1.807) is 29.2 Å². The Morgan fingerprint density at radius 3 is 2.23 bits per heavy atom. The van der Waals surface area contributed by atoms with Gasteiger partial charge < -0.3 is 9.64 Å². The fourth-order valence-electron chi connectivity index (χ4n) is 3.70. The Bertz CT molecular complexity index is 1050. The first-order valence-electron chi connectivity index (χ1n) is 9.70. The van der Waals surface area contributed by atoms with E-state index in [1.807, 2.05) is 19.1 Å². The van der Waals surface area contributed by atoms with Crippen molar-refractivity contribution in [2.24, 2.45) is 0 Å². The molecule has 2 atom stereocenters. The molecule has 1 amide bonds. The fraction of sp³-hybridized carbons (Fsp3) is 0.208. The van der Waals surface area contributed by atoms with E-state index < -0.39 is 23.8 Å². The number of halogens is 3. The maximum absolute atomic E-state index is 14.0. The van der Waals surface area contributed by atoms with Gasteiger partial charge in [-0.05, 0) is 47.9 Å². The Morgan fingerprint density at radius 1 is 0.933 bits per heavy atom. The van der Waals surface area contributed by atoms with Gasteiger partial charge in [-0.3, -0.25) is 0 Å². The Balaban J connectivity index is 1.46. The van der Waals surface area contributed by atoms with E-state index in [0.29, 0.717) is 24.1 Å². The van der Waals surface area contributed by atoms with E-state index in [2.05, 4.69) is 0 Å². The molecule has 0 bridgehead atoms. The van der Waals surface area contributed by atoms with Crippen molar-refractivity contribution in [2.45, 2.75) is 25.5 Å². The quantitative estimate of drug-likeness (QED) is 0.496. The van der Waals surface area contributed by atoms with Gasteiger partial charge in [0.25, 0.3) is 0 Å². The Morgan fingerprint density at radius 2 is 1.60 bits per heavy atom. The molecular weight excluding hydrogens is 391 g/mol. The Labute approximate surface area is 172 Å². The number of carbonyl (C=O) groups is 1. The average Bonchev–Trinajstić information content (AvgIpc) is 2.74. The van der Waals surface area contributed by atoms with Crippen molar-refractivity contribution in [3.63, 3.8) is 0 Å². The minimum Gasteiger partial charge on any atom is -0.441 e. The van der Waals surface area contributed by atoms with Crippen molar-refractivity contribution < 1.29 is 22.7 Å². The zero-order chi connectivity index (χ0) is 21.3. The van der Waals surface area contributed by atoms with E-state index in [1.165, 1.54) is 24.3 Å². The fourth-order valence-corrected chi connectivity index (χ4v) is 3.70. The van der Waals surface area contributed by atoms with Gasteiger partial charge in [-0.2, -0.15) is 0 Å². The second kappa shape index (κ2) is 8.22. The lowest BCUT2D eigenvalue weighted by molar-refractivity contribution is 0.0123. The lowest BCUT2D eigenvalue weighted by Crippen LogP contribution is -2.40. The van der Waals surface area contributed by atoms with Crippen molar-refractivity contribution in [1.82, 2.24) is 4.90 Å². The van der Waals surface area contributed by atoms with Crippen LogP contribution in [0, 0.1) is 17.5 Å². The number of rotatable bonds is 4. The van der Waals surface area contributed by atoms with Crippen LogP contribution in [0.4, 0.5) is 18.0 Å². The van der Waals surface area contributed by atoms with Crippen LogP contribution in [0.1, 0.15) is 36.6 Å². The molecule has 0 unspecified atom stereocenters. The third-order valence-corrected chi connectivity index (χ3v) is 5.45. The van der Waals surface area contributed by atoms with Crippen LogP contribution in [0.3, 0.4) is 0 Å². The molecule has 3 aromatic rings. The summed E-state index contributed by atoms with van der Waals surface area (Å²) in [5, 5.41) is 0. The summed E-state index contributed by atoms with van der Waals surface area (Å²) in [7, 11) is 0. The minimum absolute atomic E-state index is 0.237. The molecule has 1 fully saturated rings. The standard InChI is InChI=1S/C24H20F3NO2/c1-15(16-2-4-17(5-3-16)21-11-10-20(26)14-22(21)27)28-13-12-23(30-24(28)29)18-6-8-19(25)9-7-18/h2-11,14-15,23H,12-13H2,1H3/t15-,23+/m0/s1. The van der Waals surface area contributed by atoms with Gasteiger partial charge in [0.15, 0.2) is 0 Å². The molecule has 1 aliphatic heterocycles. The number of benzene rings is 3. The monoisotopic (exact) mass is 411 g/mol. The molecule has 1 saturated heterocycles. The maximum Gasteiger partial charge on any atom is 0.410 e. The molecule has 1 aliphatic rings. The van der Waals surface area contributed by atoms with E-state index in [0.717, 1.165) is 17.2 Å². The number of ether oxygens (including phenoxy) is 1. The van der Waals surface area contributed by atoms with Gasteiger partial charge in [-0.25, -0.2) is 18.0 Å². The first kappa shape index (κ1) is 20.0. The lowest BCUT2D eigenvalue weighted by atomic mass is 9.99. The topological polar surface area (TPSA) is 29.5 Å². The first-order chi connectivity index (χ1) is 14.4. The molecule has 0 saturated carbocycles. The number of amides is 1. The van der Waals surface area contributed by atoms with Gasteiger partial charge in [0.05, 0.1) is 6.04 Å². The highest BCUT2D eigenvalue weighted by atomic mass is 19.1. The second-order valence-corrected chi connectivity index (χ2v) is 7.33. The third kappa shape index (κ3) is 4.03. The smallest absolute Gasteiger partial charge is 0.410 e. The molecular formula is C24H20F3NO2. The Hall–Kier alpha value is -3.28. The van der Waals surface area contributed by atoms with Gasteiger partial charge in [-0.15, -0.1) is 0 Å². The van der Waals surface area contributed by atoms with Gasteiger partial charge >= 0.3 is 6.09 Å². The van der Waals surface area contributed by atoms with Crippen molar-refractivity contribution in [3.05, 3.63) is 95.3 Å². The molecule has 0 radical (unpaired) electrons. The highest BCUT2D eigenvalue weighted by Gasteiger charge is 2.31. The molecule has 0 aromatic heterocycles. The molecule has 0 aliphatic carbocycles. The molecule has 154 valence electrons. The van der Waals surface area contributed by atoms with Crippen LogP contribution in [0.5, 0.6) is 0 Å². The predicted molar refractivity (Wildman–Crippen MR) is 107 cm³/mol. The molecule has 1 heterocycles. The maximum atomic E-state index is 14.0. The minimum atomic E-state index is -0.623. The molecule has 3 aromatic carbocycles. The van der Waals surface area contributed by atoms with Crippen LogP contribution in [-0.4, -0.2) is 17.5 Å². The summed E-state index contributed by atoms with van der Waals surface area (Å²) in [6, 6.07) is 16.3. The van der Waals surface area contributed by atoms with E-state index in [4.69, 9.17) is 4.74 Å². The average molecular weight is 411 g/mol. The third-order valence-electron chi connectivity index (χ3n) is 5.45. The van der Waals surface area contributed by atoms with Crippen LogP contribution in [0.25, 0.3) is 11.1 Å². The zero-order valence-corrected chi connectivity index (χ0v) is 16.3. The molecule has 3 nitrogen and oxygen atoms in total. The molecule has 30 heavy (non-hydrogen) atoms. The second-order valence-electron chi connectivity index (χ2n) is 7.33. The summed E-state index contributed by atoms with van der Waals surface area (Å²) < 4.78 is 45.8. The lowest BCUT2D eigenvalue weighted by Gasteiger charge is -2.36. The molecule has 4 rings (SSSR count). The van der Waals surface area contributed by atoms with Crippen LogP contribution < -0.4 is 0 Å². The summed E-state index contributed by atoms with van der Waals surface area (Å²) in [5.74, 6) is -1.58. The van der Waals surface area contributed by atoms with Gasteiger partial charge in [0.2, 0.25) is 0 Å². The van der Waals surface area contributed by atoms with E-state index >= 15 is 0 Å². The number of cyclic esters (lactones) is 1. The Kier molecular flexibility index (Phi) is 5.48. The van der Waals surface area contributed by atoms with Crippen molar-refractivity contribution in [3.8, 4) is 11.1 Å². The SMILES string of the molecule is C[C@@H](c1ccc(-c2ccc(F)cc2F)cc1)N1CC[C@H](c2ccc(F)cc2)OC1=O. The summed E-state index contributed by atoms with van der Waals surface area (Å²) in [5.41, 5.74) is 2.58. The summed E-state index contributed by atoms with van der Waals surface area (Å²) >= 11 is 0. The summed E-state index contributed by atoms with van der Waals surface area (Å²) in [6.07, 6.45) is -0.234. The van der Waals surface area contributed by atoms with E-state index in [9.17, 15) is 18.0 Å². The van der Waals surface area contributed by atoms with Crippen molar-refractivity contribution in [2.75, 3.05) is 6.54 Å². The normalized spacial score (nSPS) is 17.5. The molecule has 0 N–H and O–H groups in total. The largest absolute Gasteiger partial charge is 0.441 e. The number of hydrogen-bond donors (Lipinski definition) is 0. The van der Waals surface area contributed by atoms with Crippen LogP contribution in [-0.2, 0) is 4.74 Å². The van der Waals surface area contributed by atoms with Gasteiger partial charge in [0.1, 0.15) is 23.6 Å². The molecule has 0 spiro atoms. The van der Waals surface area contributed by atoms with Crippen LogP contribution in [0.15, 0.2) is 66.7 Å². The molecule has 6 heteroatoms. The highest BCUT2D eigenvalue weighted by Crippen LogP contribution is 2.32. The van der Waals surface area contributed by atoms with Crippen LogP contribution in [0.2, 0.25) is 0 Å². The number of hydrogen-bond acceptors (Lipinski definition) is 2. The zero-order valence-electron chi connectivity index (χ0n) is 16.3. The van der Waals surface area contributed by atoms with Crippen LogP contribution >= 0.6 is 0 Å². The first-order valence-corrected chi connectivity index (χ1v) is 9.70. The number of carbonyl (C=O) groups excluding carboxylic acids is 1. The van der Waals surface area contributed by atoms with E-state index in [-0.39, 0.29) is 11.9 Å². The highest BCUT2D eigenvalue weighted by molar-refractivity contribution is 5.70. The summed E-state index contributed by atoms with van der Waals surface area (Å²) in [4.78, 5) is 14.2. The van der Waals surface area contributed by atoms with Gasteiger partial charge in [-0.1, -0.05) is 36.4 Å². The number of nitrogens with zero attached hydrogens (tertiary/aromatic N) is 1.